The fourth-order valence-electron chi connectivity index (χ4n) is 2.56. The summed E-state index contributed by atoms with van der Waals surface area (Å²) < 4.78 is 5.14. The zero-order chi connectivity index (χ0) is 13.7. The lowest BCUT2D eigenvalue weighted by Gasteiger charge is -2.36. The summed E-state index contributed by atoms with van der Waals surface area (Å²) in [7, 11) is 1.53. The smallest absolute Gasteiger partial charge is 0.257 e. The molecule has 1 fully saturated rings. The molecule has 0 unspecified atom stereocenters. The molecule has 1 aliphatic rings. The molecular formula is C14H19BrN2O2. The van der Waals surface area contributed by atoms with Crippen molar-refractivity contribution in [2.24, 2.45) is 0 Å². The van der Waals surface area contributed by atoms with Gasteiger partial charge in [-0.15, -0.1) is 0 Å². The highest BCUT2D eigenvalue weighted by Gasteiger charge is 2.33. The normalized spacial score (nSPS) is 17.8. The van der Waals surface area contributed by atoms with E-state index in [9.17, 15) is 4.79 Å². The number of aromatic nitrogens is 1. The lowest BCUT2D eigenvalue weighted by Crippen LogP contribution is -2.51. The molecule has 104 valence electrons. The fourth-order valence-corrected chi connectivity index (χ4v) is 3.26. The first-order valence-electron chi connectivity index (χ1n) is 6.58. The van der Waals surface area contributed by atoms with Gasteiger partial charge in [-0.25, -0.2) is 4.98 Å². The number of rotatable bonds is 4. The summed E-state index contributed by atoms with van der Waals surface area (Å²) in [6.07, 6.45) is 7.24. The Hall–Kier alpha value is -1.10. The van der Waals surface area contributed by atoms with Crippen LogP contribution in [0.3, 0.4) is 0 Å². The molecular weight excluding hydrogens is 308 g/mol. The Balaban J connectivity index is 2.15. The van der Waals surface area contributed by atoms with Gasteiger partial charge < -0.3 is 10.1 Å². The minimum Gasteiger partial charge on any atom is -0.480 e. The van der Waals surface area contributed by atoms with Crippen LogP contribution in [0, 0.1) is 0 Å². The number of methoxy groups -OCH3 is 1. The molecule has 19 heavy (non-hydrogen) atoms. The number of hydrogen-bond donors (Lipinski definition) is 1. The Kier molecular flexibility index (Phi) is 4.80. The maximum Gasteiger partial charge on any atom is 0.257 e. The number of pyridine rings is 1. The third-order valence-corrected chi connectivity index (χ3v) is 4.73. The van der Waals surface area contributed by atoms with Crippen LogP contribution >= 0.6 is 15.9 Å². The number of amides is 1. The van der Waals surface area contributed by atoms with Crippen molar-refractivity contribution < 1.29 is 9.53 Å². The molecule has 1 aromatic rings. The lowest BCUT2D eigenvalue weighted by molar-refractivity contribution is 0.0882. The minimum absolute atomic E-state index is 0.105. The van der Waals surface area contributed by atoms with Crippen LogP contribution in [0.1, 0.15) is 42.5 Å². The van der Waals surface area contributed by atoms with Crippen molar-refractivity contribution in [2.45, 2.75) is 37.6 Å². The van der Waals surface area contributed by atoms with E-state index in [1.54, 1.807) is 18.3 Å². The quantitative estimate of drug-likeness (QED) is 0.865. The summed E-state index contributed by atoms with van der Waals surface area (Å²) in [6.45, 7) is 0. The Morgan fingerprint density at radius 2 is 2.21 bits per heavy atom. The summed E-state index contributed by atoms with van der Waals surface area (Å²) in [6, 6.07) is 3.49. The molecule has 0 bridgehead atoms. The van der Waals surface area contributed by atoms with Crippen molar-refractivity contribution in [2.75, 3.05) is 12.4 Å². The molecule has 2 rings (SSSR count). The molecule has 5 heteroatoms. The van der Waals surface area contributed by atoms with Crippen LogP contribution in [0.5, 0.6) is 5.88 Å². The Labute approximate surface area is 122 Å². The Bertz CT molecular complexity index is 445. The van der Waals surface area contributed by atoms with E-state index in [0.29, 0.717) is 11.4 Å². The first-order valence-corrected chi connectivity index (χ1v) is 7.70. The van der Waals surface area contributed by atoms with Crippen LogP contribution in [-0.2, 0) is 0 Å². The molecule has 1 amide bonds. The van der Waals surface area contributed by atoms with Gasteiger partial charge in [-0.2, -0.15) is 0 Å². The molecule has 1 saturated carbocycles. The summed E-state index contributed by atoms with van der Waals surface area (Å²) >= 11 is 3.54. The van der Waals surface area contributed by atoms with E-state index in [1.807, 2.05) is 0 Å². The van der Waals surface area contributed by atoms with Crippen LogP contribution in [0.25, 0.3) is 0 Å². The highest BCUT2D eigenvalue weighted by Crippen LogP contribution is 2.30. The lowest BCUT2D eigenvalue weighted by atomic mass is 9.83. The second-order valence-corrected chi connectivity index (χ2v) is 5.55. The van der Waals surface area contributed by atoms with Gasteiger partial charge in [0.2, 0.25) is 5.88 Å². The van der Waals surface area contributed by atoms with Gasteiger partial charge in [0.1, 0.15) is 5.56 Å². The minimum atomic E-state index is -0.129. The molecule has 1 aromatic heterocycles. The Morgan fingerprint density at radius 3 is 2.84 bits per heavy atom. The van der Waals surface area contributed by atoms with Crippen molar-refractivity contribution in [1.82, 2.24) is 10.3 Å². The van der Waals surface area contributed by atoms with Gasteiger partial charge in [0.25, 0.3) is 5.91 Å². The molecule has 0 saturated heterocycles. The van der Waals surface area contributed by atoms with Crippen molar-refractivity contribution in [3.05, 3.63) is 23.9 Å². The molecule has 4 nitrogen and oxygen atoms in total. The van der Waals surface area contributed by atoms with Gasteiger partial charge in [-0.1, -0.05) is 35.2 Å². The third-order valence-electron chi connectivity index (χ3n) is 3.65. The van der Waals surface area contributed by atoms with Gasteiger partial charge in [0.15, 0.2) is 0 Å². The van der Waals surface area contributed by atoms with Crippen LogP contribution in [-0.4, -0.2) is 28.9 Å². The maximum atomic E-state index is 12.4. The number of nitrogens with one attached hydrogen (secondary N) is 1. The second-order valence-electron chi connectivity index (χ2n) is 4.99. The topological polar surface area (TPSA) is 51.2 Å². The van der Waals surface area contributed by atoms with Gasteiger partial charge >= 0.3 is 0 Å². The summed E-state index contributed by atoms with van der Waals surface area (Å²) in [5, 5.41) is 3.95. The van der Waals surface area contributed by atoms with Crippen molar-refractivity contribution >= 4 is 21.8 Å². The summed E-state index contributed by atoms with van der Waals surface area (Å²) in [5.74, 6) is 0.270. The predicted molar refractivity (Wildman–Crippen MR) is 77.9 cm³/mol. The average Bonchev–Trinajstić information content (AvgIpc) is 2.48. The van der Waals surface area contributed by atoms with E-state index in [0.717, 1.165) is 31.0 Å². The van der Waals surface area contributed by atoms with Crippen LogP contribution < -0.4 is 10.1 Å². The molecule has 0 aliphatic heterocycles. The number of nitrogens with zero attached hydrogens (tertiary/aromatic N) is 1. The van der Waals surface area contributed by atoms with Crippen LogP contribution in [0.15, 0.2) is 18.3 Å². The van der Waals surface area contributed by atoms with Crippen molar-refractivity contribution in [3.63, 3.8) is 0 Å². The SMILES string of the molecule is COc1ncccc1C(=O)NC1(CBr)CCCCC1. The first-order chi connectivity index (χ1) is 9.21. The zero-order valence-corrected chi connectivity index (χ0v) is 12.7. The highest BCUT2D eigenvalue weighted by atomic mass is 79.9. The summed E-state index contributed by atoms with van der Waals surface area (Å²) in [5.41, 5.74) is 0.367. The monoisotopic (exact) mass is 326 g/mol. The van der Waals surface area contributed by atoms with Crippen molar-refractivity contribution in [1.29, 1.82) is 0 Å². The van der Waals surface area contributed by atoms with E-state index in [-0.39, 0.29) is 11.4 Å². The average molecular weight is 327 g/mol. The van der Waals surface area contributed by atoms with Crippen LogP contribution in [0.2, 0.25) is 0 Å². The largest absolute Gasteiger partial charge is 0.480 e. The van der Waals surface area contributed by atoms with Gasteiger partial charge in [-0.05, 0) is 25.0 Å². The van der Waals surface area contributed by atoms with E-state index in [2.05, 4.69) is 26.2 Å². The molecule has 0 atom stereocenters. The number of halogens is 1. The summed E-state index contributed by atoms with van der Waals surface area (Å²) in [4.78, 5) is 16.5. The molecule has 1 aliphatic carbocycles. The Morgan fingerprint density at radius 1 is 1.47 bits per heavy atom. The van der Waals surface area contributed by atoms with Crippen LogP contribution in [0.4, 0.5) is 0 Å². The predicted octanol–water partition coefficient (Wildman–Crippen LogP) is 2.92. The molecule has 1 N–H and O–H groups in total. The molecule has 1 heterocycles. The van der Waals surface area contributed by atoms with Crippen molar-refractivity contribution in [3.8, 4) is 5.88 Å². The van der Waals surface area contributed by atoms with Gasteiger partial charge in [0.05, 0.1) is 12.6 Å². The number of hydrogen-bond acceptors (Lipinski definition) is 3. The number of carbonyl (C=O) groups excluding carboxylic acids is 1. The van der Waals surface area contributed by atoms with E-state index in [1.165, 1.54) is 13.5 Å². The molecule has 0 aromatic carbocycles. The zero-order valence-electron chi connectivity index (χ0n) is 11.1. The standard InChI is InChI=1S/C14H19BrN2O2/c1-19-13-11(6-5-9-16-13)12(18)17-14(10-15)7-3-2-4-8-14/h5-6,9H,2-4,7-8,10H2,1H3,(H,17,18). The van der Waals surface area contributed by atoms with E-state index >= 15 is 0 Å². The first kappa shape index (κ1) is 14.3. The van der Waals surface area contributed by atoms with E-state index in [4.69, 9.17) is 4.74 Å². The molecule has 0 radical (unpaired) electrons. The highest BCUT2D eigenvalue weighted by molar-refractivity contribution is 9.09. The number of alkyl halides is 1. The number of carbonyl (C=O) groups is 1. The second kappa shape index (κ2) is 6.37. The maximum absolute atomic E-state index is 12.4. The molecule has 0 spiro atoms. The van der Waals surface area contributed by atoms with Gasteiger partial charge in [0, 0.05) is 11.5 Å². The van der Waals surface area contributed by atoms with E-state index < -0.39 is 0 Å². The fraction of sp³-hybridized carbons (Fsp3) is 0.571. The third kappa shape index (κ3) is 3.26. The van der Waals surface area contributed by atoms with Gasteiger partial charge in [-0.3, -0.25) is 4.79 Å². The number of ether oxygens (including phenoxy) is 1.